The molecular weight excluding hydrogens is 250 g/mol. The van der Waals surface area contributed by atoms with Crippen molar-refractivity contribution in [2.45, 2.75) is 12.3 Å². The van der Waals surface area contributed by atoms with Crippen LogP contribution in [0, 0.1) is 0 Å². The molecule has 0 spiro atoms. The first kappa shape index (κ1) is 11.7. The molecule has 94 valence electrons. The maximum atomic E-state index is 6.00. The second-order valence-electron chi connectivity index (χ2n) is 4.46. The Balaban J connectivity index is 2.15. The van der Waals surface area contributed by atoms with E-state index in [9.17, 15) is 0 Å². The molecule has 0 bridgehead atoms. The van der Waals surface area contributed by atoms with Gasteiger partial charge in [0.2, 0.25) is 0 Å². The molecule has 0 radical (unpaired) electrons. The molecule has 0 saturated carbocycles. The molecule has 18 heavy (non-hydrogen) atoms. The Morgan fingerprint density at radius 1 is 1.39 bits per heavy atom. The number of ether oxygens (including phenoxy) is 1. The van der Waals surface area contributed by atoms with Crippen LogP contribution in [-0.4, -0.2) is 18.2 Å². The highest BCUT2D eigenvalue weighted by Gasteiger charge is 2.22. The Kier molecular flexibility index (Phi) is 3.07. The molecule has 2 heterocycles. The highest BCUT2D eigenvalue weighted by atomic mass is 35.5. The summed E-state index contributed by atoms with van der Waals surface area (Å²) in [6, 6.07) is 7.67. The third-order valence-corrected chi connectivity index (χ3v) is 3.52. The number of hydrogen-bond donors (Lipinski definition) is 2. The molecule has 5 heteroatoms. The number of nitrogens with zero attached hydrogens (tertiary/aromatic N) is 1. The summed E-state index contributed by atoms with van der Waals surface area (Å²) >= 11 is 6.00. The minimum atomic E-state index is 0.305. The van der Waals surface area contributed by atoms with E-state index in [1.54, 1.807) is 0 Å². The van der Waals surface area contributed by atoms with Crippen LogP contribution in [0.25, 0.3) is 10.9 Å². The lowest BCUT2D eigenvalue weighted by atomic mass is 10.0. The van der Waals surface area contributed by atoms with Gasteiger partial charge in [0, 0.05) is 22.9 Å². The molecule has 1 aliphatic heterocycles. The van der Waals surface area contributed by atoms with Gasteiger partial charge in [0.15, 0.2) is 0 Å². The first-order chi connectivity index (χ1) is 8.78. The van der Waals surface area contributed by atoms with Crippen molar-refractivity contribution in [3.8, 4) is 0 Å². The van der Waals surface area contributed by atoms with Gasteiger partial charge in [-0.2, -0.15) is 0 Å². The Hall–Kier alpha value is -1.36. The molecule has 1 atom stereocenters. The fourth-order valence-corrected chi connectivity index (χ4v) is 2.50. The molecule has 3 rings (SSSR count). The van der Waals surface area contributed by atoms with Crippen LogP contribution in [0.5, 0.6) is 0 Å². The van der Waals surface area contributed by atoms with Gasteiger partial charge in [0.1, 0.15) is 0 Å². The number of nitrogens with two attached hydrogens (primary N) is 1. The molecule has 0 aliphatic carbocycles. The lowest BCUT2D eigenvalue weighted by molar-refractivity contribution is 0.193. The number of hydrogen-bond acceptors (Lipinski definition) is 4. The maximum Gasteiger partial charge on any atom is 0.0721 e. The van der Waals surface area contributed by atoms with Crippen molar-refractivity contribution in [2.24, 2.45) is 5.84 Å². The van der Waals surface area contributed by atoms with Crippen molar-refractivity contribution in [3.05, 3.63) is 35.0 Å². The van der Waals surface area contributed by atoms with Gasteiger partial charge < -0.3 is 10.2 Å². The van der Waals surface area contributed by atoms with Crippen LogP contribution >= 0.6 is 11.6 Å². The summed E-state index contributed by atoms with van der Waals surface area (Å²) in [5.74, 6) is 5.89. The summed E-state index contributed by atoms with van der Waals surface area (Å²) in [5.41, 5.74) is 5.44. The summed E-state index contributed by atoms with van der Waals surface area (Å²) < 4.78 is 5.41. The lowest BCUT2D eigenvalue weighted by Crippen LogP contribution is -2.13. The average molecular weight is 264 g/mol. The van der Waals surface area contributed by atoms with E-state index in [0.717, 1.165) is 35.3 Å². The van der Waals surface area contributed by atoms with Gasteiger partial charge in [-0.1, -0.05) is 17.7 Å². The monoisotopic (exact) mass is 263 g/mol. The van der Waals surface area contributed by atoms with Crippen molar-refractivity contribution < 1.29 is 4.74 Å². The zero-order valence-corrected chi connectivity index (χ0v) is 10.6. The number of benzene rings is 1. The van der Waals surface area contributed by atoms with Crippen molar-refractivity contribution in [1.82, 2.24) is 4.98 Å². The summed E-state index contributed by atoms with van der Waals surface area (Å²) in [6.07, 6.45) is 0.980. The van der Waals surface area contributed by atoms with Crippen molar-refractivity contribution >= 4 is 28.2 Å². The Morgan fingerprint density at radius 3 is 3.00 bits per heavy atom. The van der Waals surface area contributed by atoms with Gasteiger partial charge in [0.25, 0.3) is 0 Å². The minimum Gasteiger partial charge on any atom is -0.381 e. The number of rotatable bonds is 2. The molecule has 3 N–H and O–H groups in total. The largest absolute Gasteiger partial charge is 0.381 e. The number of hydrazine groups is 1. The van der Waals surface area contributed by atoms with E-state index >= 15 is 0 Å². The number of pyridine rings is 1. The van der Waals surface area contributed by atoms with E-state index in [1.165, 1.54) is 0 Å². The molecule has 1 unspecified atom stereocenters. The Morgan fingerprint density at radius 2 is 2.28 bits per heavy atom. The van der Waals surface area contributed by atoms with Crippen LogP contribution < -0.4 is 11.3 Å². The van der Waals surface area contributed by atoms with E-state index in [4.69, 9.17) is 22.2 Å². The van der Waals surface area contributed by atoms with Crippen molar-refractivity contribution in [2.75, 3.05) is 18.6 Å². The van der Waals surface area contributed by atoms with Crippen molar-refractivity contribution in [3.63, 3.8) is 0 Å². The lowest BCUT2D eigenvalue weighted by Gasteiger charge is -2.14. The van der Waals surface area contributed by atoms with E-state index in [2.05, 4.69) is 10.4 Å². The predicted molar refractivity (Wildman–Crippen MR) is 72.7 cm³/mol. The van der Waals surface area contributed by atoms with Gasteiger partial charge >= 0.3 is 0 Å². The quantitative estimate of drug-likeness (QED) is 0.646. The van der Waals surface area contributed by atoms with Gasteiger partial charge in [-0.3, -0.25) is 10.8 Å². The zero-order valence-electron chi connectivity index (χ0n) is 9.82. The first-order valence-electron chi connectivity index (χ1n) is 5.92. The third-order valence-electron chi connectivity index (χ3n) is 3.28. The van der Waals surface area contributed by atoms with E-state index in [-0.39, 0.29) is 0 Å². The topological polar surface area (TPSA) is 60.2 Å². The summed E-state index contributed by atoms with van der Waals surface area (Å²) in [5, 5.41) is 1.71. The van der Waals surface area contributed by atoms with Crippen LogP contribution in [-0.2, 0) is 4.74 Å². The van der Waals surface area contributed by atoms with Crippen LogP contribution in [0.4, 0.5) is 5.69 Å². The van der Waals surface area contributed by atoms with Gasteiger partial charge in [-0.15, -0.1) is 0 Å². The average Bonchev–Trinajstić information content (AvgIpc) is 2.90. The smallest absolute Gasteiger partial charge is 0.0721 e. The molecule has 1 aromatic carbocycles. The molecule has 2 aromatic rings. The molecule has 0 amide bonds. The third kappa shape index (κ3) is 2.03. The SMILES string of the molecule is NNc1cc2ccc(Cl)cc2nc1C1CCOC1. The number of anilines is 1. The minimum absolute atomic E-state index is 0.305. The number of halogens is 1. The van der Waals surface area contributed by atoms with Crippen LogP contribution in [0.3, 0.4) is 0 Å². The molecule has 1 aromatic heterocycles. The second kappa shape index (κ2) is 4.72. The molecular formula is C13H14ClN3O. The zero-order chi connectivity index (χ0) is 12.5. The maximum absolute atomic E-state index is 6.00. The van der Waals surface area contributed by atoms with E-state index in [0.29, 0.717) is 17.5 Å². The molecule has 1 saturated heterocycles. The number of nitrogens with one attached hydrogen (secondary N) is 1. The van der Waals surface area contributed by atoms with Gasteiger partial charge in [-0.25, -0.2) is 0 Å². The number of aromatic nitrogens is 1. The number of nitrogen functional groups attached to an aromatic ring is 1. The summed E-state index contributed by atoms with van der Waals surface area (Å²) in [4.78, 5) is 4.68. The standard InChI is InChI=1S/C13H14ClN3O/c14-10-2-1-8-5-12(17-15)13(16-11(8)6-10)9-3-4-18-7-9/h1-2,5-6,9,17H,3-4,7,15H2. The Labute approximate surface area is 110 Å². The van der Waals surface area contributed by atoms with E-state index in [1.807, 2.05) is 24.3 Å². The summed E-state index contributed by atoms with van der Waals surface area (Å²) in [6.45, 7) is 1.48. The van der Waals surface area contributed by atoms with Crippen LogP contribution in [0.2, 0.25) is 5.02 Å². The fraction of sp³-hybridized carbons (Fsp3) is 0.308. The normalized spacial score (nSPS) is 19.3. The molecule has 4 nitrogen and oxygen atoms in total. The number of fused-ring (bicyclic) bond motifs is 1. The van der Waals surface area contributed by atoms with E-state index < -0.39 is 0 Å². The van der Waals surface area contributed by atoms with Gasteiger partial charge in [-0.05, 0) is 24.6 Å². The highest BCUT2D eigenvalue weighted by Crippen LogP contribution is 2.32. The molecule has 1 aliphatic rings. The first-order valence-corrected chi connectivity index (χ1v) is 6.30. The summed E-state index contributed by atoms with van der Waals surface area (Å²) in [7, 11) is 0. The van der Waals surface area contributed by atoms with Crippen LogP contribution in [0.15, 0.2) is 24.3 Å². The predicted octanol–water partition coefficient (Wildman–Crippen LogP) is 2.68. The molecule has 1 fully saturated rings. The van der Waals surface area contributed by atoms with Crippen molar-refractivity contribution in [1.29, 1.82) is 0 Å². The van der Waals surface area contributed by atoms with Gasteiger partial charge in [0.05, 0.1) is 23.5 Å². The van der Waals surface area contributed by atoms with Crippen LogP contribution in [0.1, 0.15) is 18.0 Å². The second-order valence-corrected chi connectivity index (χ2v) is 4.90. The fourth-order valence-electron chi connectivity index (χ4n) is 2.33. The highest BCUT2D eigenvalue weighted by molar-refractivity contribution is 6.31. The Bertz CT molecular complexity index is 582.